The second kappa shape index (κ2) is 5.74. The summed E-state index contributed by atoms with van der Waals surface area (Å²) in [5.74, 6) is -1.32. The standard InChI is InChI=1S/C14H21NO3S/c1-6-9-7-10(19-8(9)2)12(16)15-11(13(17)18)14(3,4)5/h7,11H,6H2,1-5H3,(H,15,16)(H,17,18)/t11-/m0/s1. The zero-order chi connectivity index (χ0) is 14.8. The second-order valence-corrected chi connectivity index (χ2v) is 6.91. The quantitative estimate of drug-likeness (QED) is 0.893. The van der Waals surface area contributed by atoms with Crippen LogP contribution in [0.4, 0.5) is 0 Å². The Kier molecular flexibility index (Phi) is 4.74. The lowest BCUT2D eigenvalue weighted by Gasteiger charge is -2.27. The van der Waals surface area contributed by atoms with Crippen LogP contribution in [0.5, 0.6) is 0 Å². The van der Waals surface area contributed by atoms with Gasteiger partial charge in [0.15, 0.2) is 0 Å². The van der Waals surface area contributed by atoms with E-state index in [-0.39, 0.29) is 5.91 Å². The fourth-order valence-corrected chi connectivity index (χ4v) is 2.85. The summed E-state index contributed by atoms with van der Waals surface area (Å²) in [6.07, 6.45) is 0.872. The molecule has 0 spiro atoms. The molecule has 1 atom stereocenters. The minimum Gasteiger partial charge on any atom is -0.480 e. The SMILES string of the molecule is CCc1cc(C(=O)N[C@@H](C(=O)O)C(C)(C)C)sc1C. The lowest BCUT2D eigenvalue weighted by Crippen LogP contribution is -2.48. The van der Waals surface area contributed by atoms with Gasteiger partial charge in [-0.25, -0.2) is 4.79 Å². The van der Waals surface area contributed by atoms with Gasteiger partial charge < -0.3 is 10.4 Å². The third-order valence-electron chi connectivity index (χ3n) is 3.01. The first kappa shape index (κ1) is 15.7. The van der Waals surface area contributed by atoms with Gasteiger partial charge in [0.05, 0.1) is 4.88 Å². The first-order valence-electron chi connectivity index (χ1n) is 6.29. The molecule has 0 saturated carbocycles. The molecule has 0 fully saturated rings. The van der Waals surface area contributed by atoms with Gasteiger partial charge in [-0.3, -0.25) is 4.79 Å². The number of nitrogens with one attached hydrogen (secondary N) is 1. The highest BCUT2D eigenvalue weighted by Gasteiger charge is 2.33. The predicted molar refractivity (Wildman–Crippen MR) is 76.8 cm³/mol. The van der Waals surface area contributed by atoms with Crippen molar-refractivity contribution in [2.45, 2.75) is 47.1 Å². The van der Waals surface area contributed by atoms with Gasteiger partial charge in [0.2, 0.25) is 0 Å². The maximum absolute atomic E-state index is 12.1. The molecule has 0 bridgehead atoms. The molecule has 0 radical (unpaired) electrons. The van der Waals surface area contributed by atoms with E-state index in [0.717, 1.165) is 16.9 Å². The molecule has 0 aliphatic heterocycles. The zero-order valence-corrected chi connectivity index (χ0v) is 12.9. The van der Waals surface area contributed by atoms with Gasteiger partial charge in [0.1, 0.15) is 6.04 Å². The second-order valence-electron chi connectivity index (χ2n) is 5.66. The molecule has 19 heavy (non-hydrogen) atoms. The van der Waals surface area contributed by atoms with E-state index in [9.17, 15) is 14.7 Å². The maximum atomic E-state index is 12.1. The molecule has 0 aromatic carbocycles. The van der Waals surface area contributed by atoms with Gasteiger partial charge in [-0.2, -0.15) is 0 Å². The van der Waals surface area contributed by atoms with E-state index in [2.05, 4.69) is 5.32 Å². The fourth-order valence-electron chi connectivity index (χ4n) is 1.83. The van der Waals surface area contributed by atoms with Gasteiger partial charge >= 0.3 is 5.97 Å². The number of carbonyl (C=O) groups is 2. The Morgan fingerprint density at radius 1 is 1.42 bits per heavy atom. The van der Waals surface area contributed by atoms with Gasteiger partial charge in [-0.15, -0.1) is 11.3 Å². The van der Waals surface area contributed by atoms with E-state index in [0.29, 0.717) is 4.88 Å². The molecule has 1 amide bonds. The molecule has 2 N–H and O–H groups in total. The summed E-state index contributed by atoms with van der Waals surface area (Å²) in [5, 5.41) is 11.8. The van der Waals surface area contributed by atoms with Crippen LogP contribution >= 0.6 is 11.3 Å². The molecule has 1 aromatic heterocycles. The summed E-state index contributed by atoms with van der Waals surface area (Å²) in [6.45, 7) is 9.39. The molecule has 1 rings (SSSR count). The third kappa shape index (κ3) is 3.80. The van der Waals surface area contributed by atoms with E-state index >= 15 is 0 Å². The van der Waals surface area contributed by atoms with Crippen molar-refractivity contribution in [3.8, 4) is 0 Å². The summed E-state index contributed by atoms with van der Waals surface area (Å²) < 4.78 is 0. The molecular weight excluding hydrogens is 262 g/mol. The van der Waals surface area contributed by atoms with Crippen molar-refractivity contribution in [2.75, 3.05) is 0 Å². The van der Waals surface area contributed by atoms with Crippen molar-refractivity contribution >= 4 is 23.2 Å². The van der Waals surface area contributed by atoms with Gasteiger partial charge in [0, 0.05) is 4.88 Å². The molecule has 4 nitrogen and oxygen atoms in total. The number of carbonyl (C=O) groups excluding carboxylic acids is 1. The number of hydrogen-bond acceptors (Lipinski definition) is 3. The Labute approximate surface area is 117 Å². The minimum atomic E-state index is -1.01. The Balaban J connectivity index is 2.91. The van der Waals surface area contributed by atoms with Crippen molar-refractivity contribution in [2.24, 2.45) is 5.41 Å². The van der Waals surface area contributed by atoms with Crippen LogP contribution in [-0.2, 0) is 11.2 Å². The average Bonchev–Trinajstić information content (AvgIpc) is 2.65. The molecule has 106 valence electrons. The predicted octanol–water partition coefficient (Wildman–Crippen LogP) is 2.85. The molecule has 0 aliphatic carbocycles. The van der Waals surface area contributed by atoms with Crippen LogP contribution in [0.3, 0.4) is 0 Å². The molecule has 1 heterocycles. The Hall–Kier alpha value is -1.36. The number of thiophene rings is 1. The number of carboxylic acid groups (broad SMARTS) is 1. The maximum Gasteiger partial charge on any atom is 0.326 e. The number of hydrogen-bond donors (Lipinski definition) is 2. The topological polar surface area (TPSA) is 66.4 Å². The van der Waals surface area contributed by atoms with E-state index < -0.39 is 17.4 Å². The van der Waals surface area contributed by atoms with E-state index in [4.69, 9.17) is 0 Å². The molecule has 0 unspecified atom stereocenters. The first-order valence-corrected chi connectivity index (χ1v) is 7.11. The number of rotatable bonds is 4. The molecule has 0 saturated heterocycles. The van der Waals surface area contributed by atoms with E-state index in [1.54, 1.807) is 20.8 Å². The number of aryl methyl sites for hydroxylation is 2. The molecular formula is C14H21NO3S. The van der Waals surface area contributed by atoms with Crippen LogP contribution in [0, 0.1) is 12.3 Å². The lowest BCUT2D eigenvalue weighted by atomic mass is 9.87. The van der Waals surface area contributed by atoms with Crippen LogP contribution in [-0.4, -0.2) is 23.0 Å². The lowest BCUT2D eigenvalue weighted by molar-refractivity contribution is -0.142. The fraction of sp³-hybridized carbons (Fsp3) is 0.571. The summed E-state index contributed by atoms with van der Waals surface area (Å²) in [4.78, 5) is 25.0. The highest BCUT2D eigenvalue weighted by molar-refractivity contribution is 7.14. The van der Waals surface area contributed by atoms with Crippen molar-refractivity contribution in [1.82, 2.24) is 5.32 Å². The number of amides is 1. The third-order valence-corrected chi connectivity index (χ3v) is 4.11. The summed E-state index contributed by atoms with van der Waals surface area (Å²) in [6, 6.07) is 0.948. The van der Waals surface area contributed by atoms with Crippen LogP contribution in [0.1, 0.15) is 47.8 Å². The van der Waals surface area contributed by atoms with Gasteiger partial charge in [-0.05, 0) is 30.4 Å². The van der Waals surface area contributed by atoms with Crippen LogP contribution in [0.2, 0.25) is 0 Å². The largest absolute Gasteiger partial charge is 0.480 e. The summed E-state index contributed by atoms with van der Waals surface area (Å²) in [7, 11) is 0. The average molecular weight is 283 g/mol. The van der Waals surface area contributed by atoms with E-state index in [1.165, 1.54) is 11.3 Å². The summed E-state index contributed by atoms with van der Waals surface area (Å²) in [5.41, 5.74) is 0.610. The number of carboxylic acids is 1. The normalized spacial score (nSPS) is 13.1. The van der Waals surface area contributed by atoms with Crippen molar-refractivity contribution in [1.29, 1.82) is 0 Å². The Morgan fingerprint density at radius 2 is 2.00 bits per heavy atom. The molecule has 1 aromatic rings. The van der Waals surface area contributed by atoms with E-state index in [1.807, 2.05) is 19.9 Å². The first-order chi connectivity index (χ1) is 8.66. The van der Waals surface area contributed by atoms with Crippen molar-refractivity contribution in [3.05, 3.63) is 21.4 Å². The van der Waals surface area contributed by atoms with Crippen LogP contribution < -0.4 is 5.32 Å². The highest BCUT2D eigenvalue weighted by atomic mass is 32.1. The Morgan fingerprint density at radius 3 is 2.37 bits per heavy atom. The monoisotopic (exact) mass is 283 g/mol. The van der Waals surface area contributed by atoms with Crippen molar-refractivity contribution < 1.29 is 14.7 Å². The van der Waals surface area contributed by atoms with Crippen LogP contribution in [0.15, 0.2) is 6.07 Å². The van der Waals surface area contributed by atoms with Crippen molar-refractivity contribution in [3.63, 3.8) is 0 Å². The molecule has 0 aliphatic rings. The zero-order valence-electron chi connectivity index (χ0n) is 12.0. The van der Waals surface area contributed by atoms with Crippen LogP contribution in [0.25, 0.3) is 0 Å². The summed E-state index contributed by atoms with van der Waals surface area (Å²) >= 11 is 1.41. The smallest absolute Gasteiger partial charge is 0.326 e. The van der Waals surface area contributed by atoms with Gasteiger partial charge in [0.25, 0.3) is 5.91 Å². The van der Waals surface area contributed by atoms with Gasteiger partial charge in [-0.1, -0.05) is 27.7 Å². The minimum absolute atomic E-state index is 0.310. The number of aliphatic carboxylic acids is 1. The highest BCUT2D eigenvalue weighted by Crippen LogP contribution is 2.24. The molecule has 5 heteroatoms. The Bertz CT molecular complexity index is 485.